The second-order valence-electron chi connectivity index (χ2n) is 15.4. The van der Waals surface area contributed by atoms with Gasteiger partial charge in [-0.05, 0) is 58.3 Å². The molecule has 5 N–H and O–H groups in total. The summed E-state index contributed by atoms with van der Waals surface area (Å²) in [4.78, 5) is 12.5. The van der Waals surface area contributed by atoms with Crippen molar-refractivity contribution in [2.24, 2.45) is 0 Å². The smallest absolute Gasteiger partial charge is 0.249 e. The van der Waals surface area contributed by atoms with Crippen molar-refractivity contribution in [1.82, 2.24) is 5.32 Å². The Morgan fingerprint density at radius 1 is 0.500 bits per heavy atom. The van der Waals surface area contributed by atoms with E-state index in [4.69, 9.17) is 0 Å². The van der Waals surface area contributed by atoms with Gasteiger partial charge in [-0.3, -0.25) is 4.79 Å². The molecule has 0 aliphatic rings. The summed E-state index contributed by atoms with van der Waals surface area (Å²) < 4.78 is 0. The van der Waals surface area contributed by atoms with Crippen LogP contribution < -0.4 is 5.32 Å². The van der Waals surface area contributed by atoms with Gasteiger partial charge >= 0.3 is 0 Å². The normalized spacial score (nSPS) is 14.5. The number of hydrogen-bond donors (Lipinski definition) is 5. The van der Waals surface area contributed by atoms with Crippen LogP contribution in [0.15, 0.2) is 36.5 Å². The molecule has 0 aromatic rings. The zero-order valence-electron chi connectivity index (χ0n) is 34.3. The van der Waals surface area contributed by atoms with Crippen molar-refractivity contribution in [3.8, 4) is 0 Å². The van der Waals surface area contributed by atoms with E-state index in [-0.39, 0.29) is 0 Å². The minimum Gasteiger partial charge on any atom is -0.394 e. The highest BCUT2D eigenvalue weighted by Crippen LogP contribution is 2.16. The third kappa shape index (κ3) is 34.3. The standard InChI is InChI=1S/C46H87NO5/c1-3-5-7-9-11-13-15-17-18-19-20-21-22-23-24-25-26-27-28-30-32-34-36-38-40-44(50)46(52)47-42(41-48)45(51)43(49)39-37-35-33-31-29-16-14-12-10-8-6-4-2/h4,6,12,14,31,33,42-45,48-51H,3,5,7-11,13,15-30,32,34-41H2,1-2H3,(H,47,52)/b6-4+,14-12+,33-31+. The van der Waals surface area contributed by atoms with Gasteiger partial charge in [-0.1, -0.05) is 197 Å². The molecule has 0 heterocycles. The number of carbonyl (C=O) groups excluding carboxylic acids is 1. The lowest BCUT2D eigenvalue weighted by Crippen LogP contribution is -2.53. The Kier molecular flexibility index (Phi) is 39.6. The molecular formula is C46H87NO5. The first-order valence-electron chi connectivity index (χ1n) is 22.3. The van der Waals surface area contributed by atoms with Crippen LogP contribution in [0.3, 0.4) is 0 Å². The molecule has 0 saturated carbocycles. The van der Waals surface area contributed by atoms with Crippen LogP contribution in [-0.4, -0.2) is 57.3 Å². The van der Waals surface area contributed by atoms with E-state index in [1.165, 1.54) is 135 Å². The summed E-state index contributed by atoms with van der Waals surface area (Å²) in [7, 11) is 0. The molecule has 4 atom stereocenters. The van der Waals surface area contributed by atoms with Gasteiger partial charge in [0.15, 0.2) is 0 Å². The molecule has 1 amide bonds. The molecule has 0 aromatic heterocycles. The van der Waals surface area contributed by atoms with E-state index in [1.54, 1.807) is 0 Å². The van der Waals surface area contributed by atoms with Gasteiger partial charge in [-0.25, -0.2) is 0 Å². The quantitative estimate of drug-likeness (QED) is 0.0318. The average molecular weight is 734 g/mol. The summed E-state index contributed by atoms with van der Waals surface area (Å²) >= 11 is 0. The molecule has 0 aromatic carbocycles. The molecule has 0 spiro atoms. The highest BCUT2D eigenvalue weighted by atomic mass is 16.3. The third-order valence-electron chi connectivity index (χ3n) is 10.4. The monoisotopic (exact) mass is 734 g/mol. The number of amides is 1. The van der Waals surface area contributed by atoms with Crippen molar-refractivity contribution in [2.45, 2.75) is 244 Å². The lowest BCUT2D eigenvalue weighted by atomic mass is 10.00. The zero-order valence-corrected chi connectivity index (χ0v) is 34.3. The van der Waals surface area contributed by atoms with Crippen molar-refractivity contribution in [3.63, 3.8) is 0 Å². The maximum atomic E-state index is 12.5. The molecule has 0 rings (SSSR count). The van der Waals surface area contributed by atoms with E-state index in [1.807, 2.05) is 6.92 Å². The molecule has 6 heteroatoms. The fraction of sp³-hybridized carbons (Fsp3) is 0.848. The maximum absolute atomic E-state index is 12.5. The minimum absolute atomic E-state index is 0.361. The summed E-state index contributed by atoms with van der Waals surface area (Å²) in [6, 6.07) is -1.01. The van der Waals surface area contributed by atoms with Crippen LogP contribution in [0.4, 0.5) is 0 Å². The number of aliphatic hydroxyl groups excluding tert-OH is 4. The number of unbranched alkanes of at least 4 members (excludes halogenated alkanes) is 26. The van der Waals surface area contributed by atoms with Crippen LogP contribution >= 0.6 is 0 Å². The lowest BCUT2D eigenvalue weighted by molar-refractivity contribution is -0.132. The van der Waals surface area contributed by atoms with Gasteiger partial charge in [0, 0.05) is 0 Å². The molecule has 4 unspecified atom stereocenters. The summed E-state index contributed by atoms with van der Waals surface area (Å²) in [6.45, 7) is 3.82. The van der Waals surface area contributed by atoms with Gasteiger partial charge < -0.3 is 25.7 Å². The van der Waals surface area contributed by atoms with Crippen LogP contribution in [0.2, 0.25) is 0 Å². The highest BCUT2D eigenvalue weighted by Gasteiger charge is 2.28. The molecule has 306 valence electrons. The molecule has 52 heavy (non-hydrogen) atoms. The maximum Gasteiger partial charge on any atom is 0.249 e. The average Bonchev–Trinajstić information content (AvgIpc) is 3.15. The zero-order chi connectivity index (χ0) is 38.2. The van der Waals surface area contributed by atoms with Gasteiger partial charge in [0.2, 0.25) is 5.91 Å². The Bertz CT molecular complexity index is 828. The summed E-state index contributed by atoms with van der Waals surface area (Å²) in [5.41, 5.74) is 0. The first kappa shape index (κ1) is 50.5. The summed E-state index contributed by atoms with van der Waals surface area (Å²) in [6.07, 6.45) is 47.7. The number of allylic oxidation sites excluding steroid dienone is 6. The van der Waals surface area contributed by atoms with Gasteiger partial charge in [0.25, 0.3) is 0 Å². The van der Waals surface area contributed by atoms with Crippen molar-refractivity contribution in [2.75, 3.05) is 6.61 Å². The molecule has 6 nitrogen and oxygen atoms in total. The van der Waals surface area contributed by atoms with E-state index in [2.05, 4.69) is 48.7 Å². The van der Waals surface area contributed by atoms with Crippen molar-refractivity contribution in [3.05, 3.63) is 36.5 Å². The Morgan fingerprint density at radius 3 is 1.25 bits per heavy atom. The lowest BCUT2D eigenvalue weighted by Gasteiger charge is -2.27. The van der Waals surface area contributed by atoms with E-state index >= 15 is 0 Å². The van der Waals surface area contributed by atoms with Crippen LogP contribution in [0.25, 0.3) is 0 Å². The molecule has 0 radical (unpaired) electrons. The van der Waals surface area contributed by atoms with Crippen molar-refractivity contribution >= 4 is 5.91 Å². The Hall–Kier alpha value is -1.47. The molecule has 0 aliphatic carbocycles. The Morgan fingerprint density at radius 2 is 0.865 bits per heavy atom. The number of aliphatic hydroxyl groups is 4. The molecule has 0 aliphatic heterocycles. The number of carbonyl (C=O) groups is 1. The largest absolute Gasteiger partial charge is 0.394 e. The SMILES string of the molecule is C/C=C/CC/C=C/CC/C=C/CCCC(O)C(O)C(CO)NC(=O)C(O)CCCCCCCCCCCCCCCCCCCCCCCCCC. The first-order valence-corrected chi connectivity index (χ1v) is 22.3. The second-order valence-corrected chi connectivity index (χ2v) is 15.4. The number of nitrogens with one attached hydrogen (secondary N) is 1. The molecule has 0 bridgehead atoms. The molecular weight excluding hydrogens is 647 g/mol. The van der Waals surface area contributed by atoms with Crippen molar-refractivity contribution in [1.29, 1.82) is 0 Å². The Balaban J connectivity index is 3.68. The predicted octanol–water partition coefficient (Wildman–Crippen LogP) is 11.7. The van der Waals surface area contributed by atoms with Gasteiger partial charge in [-0.15, -0.1) is 0 Å². The second kappa shape index (κ2) is 40.7. The molecule has 0 saturated heterocycles. The Labute approximate surface area is 322 Å². The summed E-state index contributed by atoms with van der Waals surface area (Å²) in [5.74, 6) is -0.599. The van der Waals surface area contributed by atoms with Gasteiger partial charge in [0.05, 0.1) is 18.8 Å². The van der Waals surface area contributed by atoms with E-state index in [9.17, 15) is 25.2 Å². The van der Waals surface area contributed by atoms with Crippen molar-refractivity contribution < 1.29 is 25.2 Å². The van der Waals surface area contributed by atoms with Crippen LogP contribution in [0, 0.1) is 0 Å². The van der Waals surface area contributed by atoms with Crippen LogP contribution in [0.1, 0.15) is 219 Å². The third-order valence-corrected chi connectivity index (χ3v) is 10.4. The fourth-order valence-corrected chi connectivity index (χ4v) is 6.86. The van der Waals surface area contributed by atoms with E-state index < -0.39 is 36.9 Å². The van der Waals surface area contributed by atoms with E-state index in [0.717, 1.165) is 51.4 Å². The predicted molar refractivity (Wildman–Crippen MR) is 224 cm³/mol. The summed E-state index contributed by atoms with van der Waals surface area (Å²) in [5, 5.41) is 43.5. The highest BCUT2D eigenvalue weighted by molar-refractivity contribution is 5.80. The van der Waals surface area contributed by atoms with Crippen LogP contribution in [0.5, 0.6) is 0 Å². The first-order chi connectivity index (χ1) is 25.5. The topological polar surface area (TPSA) is 110 Å². The van der Waals surface area contributed by atoms with Gasteiger partial charge in [-0.2, -0.15) is 0 Å². The van der Waals surface area contributed by atoms with Crippen LogP contribution in [-0.2, 0) is 4.79 Å². The minimum atomic E-state index is -1.29. The van der Waals surface area contributed by atoms with Gasteiger partial charge in [0.1, 0.15) is 12.2 Å². The van der Waals surface area contributed by atoms with E-state index in [0.29, 0.717) is 19.3 Å². The molecule has 0 fully saturated rings. The fourth-order valence-electron chi connectivity index (χ4n) is 6.86. The number of hydrogen-bond acceptors (Lipinski definition) is 5. The number of rotatable bonds is 40.